The van der Waals surface area contributed by atoms with Gasteiger partial charge >= 0.3 is 6.03 Å². The first-order chi connectivity index (χ1) is 11.3. The Morgan fingerprint density at radius 3 is 2.65 bits per heavy atom. The normalized spacial score (nSPS) is 17.1. The third-order valence-corrected chi connectivity index (χ3v) is 3.65. The summed E-state index contributed by atoms with van der Waals surface area (Å²) < 4.78 is 11.2. The molecule has 0 aromatic heterocycles. The Balaban J connectivity index is 1.70. The minimum absolute atomic E-state index is 0.160. The fraction of sp³-hybridized carbons (Fsp3) is 0.278. The highest BCUT2D eigenvalue weighted by molar-refractivity contribution is 5.89. The van der Waals surface area contributed by atoms with Crippen LogP contribution in [-0.4, -0.2) is 30.7 Å². The molecule has 0 bridgehead atoms. The zero-order valence-corrected chi connectivity index (χ0v) is 13.1. The largest absolute Gasteiger partial charge is 0.494 e. The first kappa shape index (κ1) is 15.4. The maximum absolute atomic E-state index is 12.5. The van der Waals surface area contributed by atoms with Gasteiger partial charge < -0.3 is 14.8 Å². The van der Waals surface area contributed by atoms with Crippen molar-refractivity contribution in [3.8, 4) is 5.75 Å². The average Bonchev–Trinajstić information content (AvgIpc) is 3.06. The SMILES string of the molecule is CCOc1ccc(C2OCCN2C(=O)Nc2ccccc2)cc1. The van der Waals surface area contributed by atoms with Crippen LogP contribution in [-0.2, 0) is 4.74 Å². The van der Waals surface area contributed by atoms with Gasteiger partial charge in [0.2, 0.25) is 0 Å². The molecule has 1 heterocycles. The van der Waals surface area contributed by atoms with E-state index in [9.17, 15) is 4.79 Å². The molecule has 0 aliphatic carbocycles. The molecule has 2 amide bonds. The number of amides is 2. The topological polar surface area (TPSA) is 50.8 Å². The minimum atomic E-state index is -0.366. The van der Waals surface area contributed by atoms with E-state index in [0.29, 0.717) is 19.8 Å². The second kappa shape index (κ2) is 7.15. The molecule has 1 fully saturated rings. The summed E-state index contributed by atoms with van der Waals surface area (Å²) in [5.41, 5.74) is 1.71. The van der Waals surface area contributed by atoms with Crippen molar-refractivity contribution in [2.24, 2.45) is 0 Å². The number of carbonyl (C=O) groups is 1. The van der Waals surface area contributed by atoms with Gasteiger partial charge in [-0.05, 0) is 31.2 Å². The molecule has 1 saturated heterocycles. The molecule has 1 unspecified atom stereocenters. The van der Waals surface area contributed by atoms with Gasteiger partial charge in [-0.3, -0.25) is 4.90 Å². The third kappa shape index (κ3) is 3.63. The summed E-state index contributed by atoms with van der Waals surface area (Å²) in [6.45, 7) is 3.67. The Morgan fingerprint density at radius 2 is 1.96 bits per heavy atom. The number of urea groups is 1. The maximum Gasteiger partial charge on any atom is 0.324 e. The minimum Gasteiger partial charge on any atom is -0.494 e. The molecule has 2 aromatic carbocycles. The third-order valence-electron chi connectivity index (χ3n) is 3.65. The summed E-state index contributed by atoms with van der Waals surface area (Å²) in [5, 5.41) is 2.90. The Hall–Kier alpha value is -2.53. The number of nitrogens with zero attached hydrogens (tertiary/aromatic N) is 1. The lowest BCUT2D eigenvalue weighted by atomic mass is 10.2. The van der Waals surface area contributed by atoms with Gasteiger partial charge in [0.25, 0.3) is 0 Å². The molecule has 0 radical (unpaired) electrons. The highest BCUT2D eigenvalue weighted by Crippen LogP contribution is 2.28. The molecule has 0 saturated carbocycles. The van der Waals surface area contributed by atoms with Gasteiger partial charge in [-0.25, -0.2) is 4.79 Å². The predicted octanol–water partition coefficient (Wildman–Crippen LogP) is 3.65. The second-order valence-corrected chi connectivity index (χ2v) is 5.21. The Morgan fingerprint density at radius 1 is 1.22 bits per heavy atom. The van der Waals surface area contributed by atoms with E-state index in [1.165, 1.54) is 0 Å². The number of benzene rings is 2. The molecular formula is C18H20N2O3. The summed E-state index contributed by atoms with van der Waals surface area (Å²) in [7, 11) is 0. The molecule has 3 rings (SSSR count). The molecule has 23 heavy (non-hydrogen) atoms. The molecule has 2 aromatic rings. The van der Waals surface area contributed by atoms with Crippen LogP contribution in [0.15, 0.2) is 54.6 Å². The summed E-state index contributed by atoms with van der Waals surface area (Å²) in [4.78, 5) is 14.2. The zero-order chi connectivity index (χ0) is 16.1. The summed E-state index contributed by atoms with van der Waals surface area (Å²) >= 11 is 0. The van der Waals surface area contributed by atoms with Crippen LogP contribution in [0.3, 0.4) is 0 Å². The van der Waals surface area contributed by atoms with Crippen molar-refractivity contribution in [3.05, 3.63) is 60.2 Å². The van der Waals surface area contributed by atoms with Crippen LogP contribution >= 0.6 is 0 Å². The van der Waals surface area contributed by atoms with E-state index in [1.54, 1.807) is 4.90 Å². The van der Waals surface area contributed by atoms with E-state index in [2.05, 4.69) is 5.32 Å². The molecule has 1 N–H and O–H groups in total. The lowest BCUT2D eigenvalue weighted by molar-refractivity contribution is 0.0521. The highest BCUT2D eigenvalue weighted by atomic mass is 16.5. The van der Waals surface area contributed by atoms with E-state index in [1.807, 2.05) is 61.5 Å². The van der Waals surface area contributed by atoms with E-state index < -0.39 is 0 Å². The molecule has 1 atom stereocenters. The first-order valence-electron chi connectivity index (χ1n) is 7.75. The monoisotopic (exact) mass is 312 g/mol. The average molecular weight is 312 g/mol. The standard InChI is InChI=1S/C18H20N2O3/c1-2-22-16-10-8-14(9-11-16)17-20(12-13-23-17)18(21)19-15-6-4-3-5-7-15/h3-11,17H,2,12-13H2,1H3,(H,19,21). The smallest absolute Gasteiger partial charge is 0.324 e. The van der Waals surface area contributed by atoms with E-state index in [-0.39, 0.29) is 12.3 Å². The highest BCUT2D eigenvalue weighted by Gasteiger charge is 2.31. The van der Waals surface area contributed by atoms with Crippen LogP contribution in [0, 0.1) is 0 Å². The lowest BCUT2D eigenvalue weighted by Crippen LogP contribution is -2.34. The van der Waals surface area contributed by atoms with Crippen LogP contribution in [0.4, 0.5) is 10.5 Å². The number of hydrogen-bond acceptors (Lipinski definition) is 3. The van der Waals surface area contributed by atoms with Crippen LogP contribution in [0.2, 0.25) is 0 Å². The van der Waals surface area contributed by atoms with E-state index >= 15 is 0 Å². The molecule has 1 aliphatic heterocycles. The fourth-order valence-electron chi connectivity index (χ4n) is 2.57. The molecule has 0 spiro atoms. The van der Waals surface area contributed by atoms with Crippen LogP contribution in [0.25, 0.3) is 0 Å². The van der Waals surface area contributed by atoms with Crippen LogP contribution in [0.5, 0.6) is 5.75 Å². The van der Waals surface area contributed by atoms with Gasteiger partial charge in [0, 0.05) is 17.8 Å². The maximum atomic E-state index is 12.5. The first-order valence-corrected chi connectivity index (χ1v) is 7.75. The summed E-state index contributed by atoms with van der Waals surface area (Å²) in [6, 6.07) is 16.9. The van der Waals surface area contributed by atoms with Crippen molar-refractivity contribution < 1.29 is 14.3 Å². The number of nitrogens with one attached hydrogen (secondary N) is 1. The second-order valence-electron chi connectivity index (χ2n) is 5.21. The molecule has 5 heteroatoms. The zero-order valence-electron chi connectivity index (χ0n) is 13.1. The fourth-order valence-corrected chi connectivity index (χ4v) is 2.57. The van der Waals surface area contributed by atoms with Crippen molar-refractivity contribution in [1.29, 1.82) is 0 Å². The summed E-state index contributed by atoms with van der Waals surface area (Å²) in [5.74, 6) is 0.814. The van der Waals surface area contributed by atoms with Crippen LogP contribution < -0.4 is 10.1 Å². The van der Waals surface area contributed by atoms with Gasteiger partial charge in [0.15, 0.2) is 6.23 Å². The molecular weight excluding hydrogens is 292 g/mol. The number of anilines is 1. The van der Waals surface area contributed by atoms with E-state index in [4.69, 9.17) is 9.47 Å². The lowest BCUT2D eigenvalue weighted by Gasteiger charge is -2.24. The Kier molecular flexibility index (Phi) is 4.78. The van der Waals surface area contributed by atoms with E-state index in [0.717, 1.165) is 17.0 Å². The van der Waals surface area contributed by atoms with Gasteiger partial charge in [-0.2, -0.15) is 0 Å². The molecule has 5 nitrogen and oxygen atoms in total. The van der Waals surface area contributed by atoms with Crippen molar-refractivity contribution >= 4 is 11.7 Å². The number of hydrogen-bond donors (Lipinski definition) is 1. The Bertz CT molecular complexity index is 643. The Labute approximate surface area is 135 Å². The van der Waals surface area contributed by atoms with Crippen LogP contribution in [0.1, 0.15) is 18.7 Å². The number of rotatable bonds is 4. The number of ether oxygens (including phenoxy) is 2. The van der Waals surface area contributed by atoms with Crippen molar-refractivity contribution in [2.75, 3.05) is 25.1 Å². The van der Waals surface area contributed by atoms with Crippen molar-refractivity contribution in [2.45, 2.75) is 13.2 Å². The number of para-hydroxylation sites is 1. The van der Waals surface area contributed by atoms with Gasteiger partial charge in [0.05, 0.1) is 13.2 Å². The van der Waals surface area contributed by atoms with Gasteiger partial charge in [-0.15, -0.1) is 0 Å². The van der Waals surface area contributed by atoms with Crippen molar-refractivity contribution in [1.82, 2.24) is 4.90 Å². The van der Waals surface area contributed by atoms with Gasteiger partial charge in [0.1, 0.15) is 5.75 Å². The quantitative estimate of drug-likeness (QED) is 0.937. The van der Waals surface area contributed by atoms with Gasteiger partial charge in [-0.1, -0.05) is 30.3 Å². The number of carbonyl (C=O) groups excluding carboxylic acids is 1. The van der Waals surface area contributed by atoms with Crippen molar-refractivity contribution in [3.63, 3.8) is 0 Å². The molecule has 120 valence electrons. The predicted molar refractivity (Wildman–Crippen MR) is 88.5 cm³/mol. The molecule has 1 aliphatic rings. The summed E-state index contributed by atoms with van der Waals surface area (Å²) in [6.07, 6.45) is -0.366.